The van der Waals surface area contributed by atoms with E-state index in [0.717, 1.165) is 11.1 Å². The Morgan fingerprint density at radius 2 is 1.40 bits per heavy atom. The van der Waals surface area contributed by atoms with Crippen LogP contribution in [0.1, 0.15) is 0 Å². The first-order valence-corrected chi connectivity index (χ1v) is 8.18. The molecule has 0 aliphatic rings. The Labute approximate surface area is 148 Å². The van der Waals surface area contributed by atoms with E-state index in [1.807, 2.05) is 60.7 Å². The summed E-state index contributed by atoms with van der Waals surface area (Å²) in [4.78, 5) is 24.9. The largest absolute Gasteiger partial charge is 0.315 e. The third kappa shape index (κ3) is 2.66. The maximum absolute atomic E-state index is 12.6. The molecule has 25 heavy (non-hydrogen) atoms. The predicted octanol–water partition coefficient (Wildman–Crippen LogP) is 3.72. The Balaban J connectivity index is 2.13. The molecule has 2 aromatic carbocycles. The Morgan fingerprint density at radius 1 is 0.880 bits per heavy atom. The van der Waals surface area contributed by atoms with Crippen molar-refractivity contribution in [2.45, 2.75) is 0 Å². The van der Waals surface area contributed by atoms with E-state index in [4.69, 9.17) is 12.2 Å². The summed E-state index contributed by atoms with van der Waals surface area (Å²) in [5.74, 6) is 0. The van der Waals surface area contributed by atoms with Crippen molar-refractivity contribution in [3.63, 3.8) is 0 Å². The van der Waals surface area contributed by atoms with Crippen LogP contribution in [0.15, 0.2) is 65.5 Å². The standard InChI is InChI=1S/C19H14N4OS/c1-23-18(24)16-17(22-19(23)25)21-15(13-10-6-3-7-11-13)14(20-16)12-8-4-2-5-9-12/h2-11H,1H3,(H,21,22,25). The maximum Gasteiger partial charge on any atom is 0.282 e. The lowest BCUT2D eigenvalue weighted by Crippen LogP contribution is -2.20. The fraction of sp³-hybridized carbons (Fsp3) is 0.0526. The average molecular weight is 346 g/mol. The predicted molar refractivity (Wildman–Crippen MR) is 101 cm³/mol. The number of H-pyrrole nitrogens is 1. The molecule has 0 saturated carbocycles. The lowest BCUT2D eigenvalue weighted by molar-refractivity contribution is 0.817. The normalized spacial score (nSPS) is 10.9. The van der Waals surface area contributed by atoms with Gasteiger partial charge in [-0.25, -0.2) is 9.97 Å². The Morgan fingerprint density at radius 3 is 1.96 bits per heavy atom. The van der Waals surface area contributed by atoms with Crippen LogP contribution >= 0.6 is 12.2 Å². The van der Waals surface area contributed by atoms with Crippen molar-refractivity contribution >= 4 is 23.4 Å². The van der Waals surface area contributed by atoms with E-state index in [2.05, 4.69) is 15.0 Å². The average Bonchev–Trinajstić information content (AvgIpc) is 2.67. The van der Waals surface area contributed by atoms with Crippen molar-refractivity contribution in [2.75, 3.05) is 0 Å². The topological polar surface area (TPSA) is 63.6 Å². The third-order valence-corrected chi connectivity index (χ3v) is 4.40. The van der Waals surface area contributed by atoms with Crippen molar-refractivity contribution in [1.82, 2.24) is 19.5 Å². The van der Waals surface area contributed by atoms with Crippen LogP contribution in [0.5, 0.6) is 0 Å². The van der Waals surface area contributed by atoms with Crippen molar-refractivity contribution in [2.24, 2.45) is 7.05 Å². The second-order valence-corrected chi connectivity index (χ2v) is 6.03. The third-order valence-electron chi connectivity index (χ3n) is 4.03. The number of aromatic amines is 1. The summed E-state index contributed by atoms with van der Waals surface area (Å²) >= 11 is 5.19. The lowest BCUT2D eigenvalue weighted by Gasteiger charge is -2.11. The van der Waals surface area contributed by atoms with E-state index in [1.165, 1.54) is 4.57 Å². The molecule has 0 bridgehead atoms. The Hall–Kier alpha value is -3.12. The quantitative estimate of drug-likeness (QED) is 0.562. The lowest BCUT2D eigenvalue weighted by atomic mass is 10.0. The molecule has 0 atom stereocenters. The van der Waals surface area contributed by atoms with Crippen LogP contribution in [0.3, 0.4) is 0 Å². The summed E-state index contributed by atoms with van der Waals surface area (Å²) < 4.78 is 1.68. The fourth-order valence-corrected chi connectivity index (χ4v) is 2.88. The summed E-state index contributed by atoms with van der Waals surface area (Å²) in [5, 5.41) is 0. The molecule has 0 spiro atoms. The highest BCUT2D eigenvalue weighted by molar-refractivity contribution is 7.71. The number of benzene rings is 2. The van der Waals surface area contributed by atoms with E-state index in [1.54, 1.807) is 7.05 Å². The molecule has 6 heteroatoms. The molecule has 0 saturated heterocycles. The van der Waals surface area contributed by atoms with Gasteiger partial charge in [0.15, 0.2) is 15.9 Å². The highest BCUT2D eigenvalue weighted by Crippen LogP contribution is 2.29. The first-order valence-electron chi connectivity index (χ1n) is 7.77. The van der Waals surface area contributed by atoms with Gasteiger partial charge in [-0.05, 0) is 12.2 Å². The molecule has 2 aromatic heterocycles. The number of hydrogen-bond donors (Lipinski definition) is 1. The minimum Gasteiger partial charge on any atom is -0.315 e. The number of nitrogens with zero attached hydrogens (tertiary/aromatic N) is 3. The number of fused-ring (bicyclic) bond motifs is 1. The highest BCUT2D eigenvalue weighted by Gasteiger charge is 2.15. The van der Waals surface area contributed by atoms with Crippen molar-refractivity contribution < 1.29 is 0 Å². The van der Waals surface area contributed by atoms with E-state index in [0.29, 0.717) is 21.8 Å². The molecule has 5 nitrogen and oxygen atoms in total. The molecule has 4 rings (SSSR count). The van der Waals surface area contributed by atoms with E-state index < -0.39 is 0 Å². The van der Waals surface area contributed by atoms with Crippen LogP contribution in [0.4, 0.5) is 0 Å². The van der Waals surface area contributed by atoms with E-state index in [9.17, 15) is 4.79 Å². The smallest absolute Gasteiger partial charge is 0.282 e. The molecule has 1 N–H and O–H groups in total. The zero-order valence-electron chi connectivity index (χ0n) is 13.4. The monoisotopic (exact) mass is 346 g/mol. The number of hydrogen-bond acceptors (Lipinski definition) is 4. The van der Waals surface area contributed by atoms with Gasteiger partial charge in [-0.2, -0.15) is 0 Å². The first-order chi connectivity index (χ1) is 12.1. The second-order valence-electron chi connectivity index (χ2n) is 5.64. The molecule has 0 aliphatic heterocycles. The summed E-state index contributed by atoms with van der Waals surface area (Å²) in [6.45, 7) is 0. The SMILES string of the molecule is Cn1c(=S)[nH]c2nc(-c3ccccc3)c(-c3ccccc3)nc2c1=O. The number of aromatic nitrogens is 4. The summed E-state index contributed by atoms with van der Waals surface area (Å²) in [6.07, 6.45) is 0. The Kier molecular flexibility index (Phi) is 3.74. The van der Waals surface area contributed by atoms with Crippen LogP contribution in [0, 0.1) is 4.77 Å². The van der Waals surface area contributed by atoms with Crippen LogP contribution in [-0.2, 0) is 7.05 Å². The Bertz CT molecular complexity index is 1180. The fourth-order valence-electron chi connectivity index (χ4n) is 2.70. The first kappa shape index (κ1) is 15.4. The van der Waals surface area contributed by atoms with Gasteiger partial charge in [0.05, 0.1) is 11.4 Å². The van der Waals surface area contributed by atoms with Gasteiger partial charge in [0.2, 0.25) is 0 Å². The van der Waals surface area contributed by atoms with Gasteiger partial charge in [0.1, 0.15) is 0 Å². The molecule has 0 radical (unpaired) electrons. The van der Waals surface area contributed by atoms with Gasteiger partial charge in [-0.3, -0.25) is 9.36 Å². The minimum atomic E-state index is -0.261. The van der Waals surface area contributed by atoms with Crippen LogP contribution < -0.4 is 5.56 Å². The maximum atomic E-state index is 12.6. The van der Waals surface area contributed by atoms with Crippen LogP contribution in [-0.4, -0.2) is 19.5 Å². The van der Waals surface area contributed by atoms with Gasteiger partial charge in [0, 0.05) is 18.2 Å². The van der Waals surface area contributed by atoms with Crippen molar-refractivity contribution in [1.29, 1.82) is 0 Å². The molecule has 0 fully saturated rings. The molecule has 0 aliphatic carbocycles. The molecular weight excluding hydrogens is 332 g/mol. The molecule has 2 heterocycles. The second kappa shape index (κ2) is 6.07. The zero-order valence-corrected chi connectivity index (χ0v) is 14.2. The van der Waals surface area contributed by atoms with Crippen LogP contribution in [0.2, 0.25) is 0 Å². The summed E-state index contributed by atoms with van der Waals surface area (Å²) in [5.41, 5.74) is 3.61. The zero-order chi connectivity index (χ0) is 17.4. The van der Waals surface area contributed by atoms with Crippen molar-refractivity contribution in [3.8, 4) is 22.5 Å². The van der Waals surface area contributed by atoms with E-state index in [-0.39, 0.29) is 11.1 Å². The number of rotatable bonds is 2. The highest BCUT2D eigenvalue weighted by atomic mass is 32.1. The van der Waals surface area contributed by atoms with Crippen LogP contribution in [0.25, 0.3) is 33.7 Å². The van der Waals surface area contributed by atoms with Gasteiger partial charge in [-0.1, -0.05) is 60.7 Å². The number of nitrogens with one attached hydrogen (secondary N) is 1. The van der Waals surface area contributed by atoms with Gasteiger partial charge in [0.25, 0.3) is 5.56 Å². The van der Waals surface area contributed by atoms with Gasteiger partial charge >= 0.3 is 0 Å². The molecule has 0 unspecified atom stereocenters. The van der Waals surface area contributed by atoms with Gasteiger partial charge < -0.3 is 4.98 Å². The molecular formula is C19H14N4OS. The molecule has 0 amide bonds. The molecule has 4 aromatic rings. The minimum absolute atomic E-state index is 0.261. The van der Waals surface area contributed by atoms with E-state index >= 15 is 0 Å². The summed E-state index contributed by atoms with van der Waals surface area (Å²) in [7, 11) is 1.62. The van der Waals surface area contributed by atoms with Crippen molar-refractivity contribution in [3.05, 3.63) is 75.8 Å². The molecule has 122 valence electrons. The summed E-state index contributed by atoms with van der Waals surface area (Å²) in [6, 6.07) is 19.5. The van der Waals surface area contributed by atoms with Gasteiger partial charge in [-0.15, -0.1) is 0 Å².